The Bertz CT molecular complexity index is 781. The van der Waals surface area contributed by atoms with E-state index in [9.17, 15) is 21.6 Å². The third kappa shape index (κ3) is 3.40. The molecule has 0 unspecified atom stereocenters. The molecule has 1 aromatic rings. The van der Waals surface area contributed by atoms with Crippen molar-refractivity contribution in [1.29, 1.82) is 0 Å². The lowest BCUT2D eigenvalue weighted by Crippen LogP contribution is -2.34. The Morgan fingerprint density at radius 2 is 1.81 bits per heavy atom. The second-order valence-corrected chi connectivity index (χ2v) is 8.26. The van der Waals surface area contributed by atoms with Crippen LogP contribution in [0.1, 0.15) is 12.8 Å². The van der Waals surface area contributed by atoms with Crippen molar-refractivity contribution in [2.24, 2.45) is 10.6 Å². The highest BCUT2D eigenvalue weighted by molar-refractivity contribution is 7.90. The van der Waals surface area contributed by atoms with E-state index in [4.69, 9.17) is 10.2 Å². The molecule has 0 aromatic heterocycles. The molecule has 0 radical (unpaired) electrons. The van der Waals surface area contributed by atoms with Gasteiger partial charge in [0.15, 0.2) is 0 Å². The summed E-state index contributed by atoms with van der Waals surface area (Å²) in [6.45, 7) is -0.232. The molecule has 0 aliphatic heterocycles. The molecular formula is C11H14N2O6S2. The molecule has 0 spiro atoms. The average Bonchev–Trinajstić information content (AvgIpc) is 3.17. The van der Waals surface area contributed by atoms with Gasteiger partial charge in [-0.3, -0.25) is 4.79 Å². The number of hydrogen-bond acceptors (Lipinski definition) is 5. The van der Waals surface area contributed by atoms with Crippen LogP contribution in [-0.2, 0) is 24.8 Å². The van der Waals surface area contributed by atoms with Crippen LogP contribution in [0.2, 0.25) is 0 Å². The predicted molar refractivity (Wildman–Crippen MR) is 72.3 cm³/mol. The Kier molecular flexibility index (Phi) is 3.82. The maximum absolute atomic E-state index is 12.1. The van der Waals surface area contributed by atoms with Gasteiger partial charge in [-0.05, 0) is 31.0 Å². The predicted octanol–water partition coefficient (Wildman–Crippen LogP) is -0.523. The van der Waals surface area contributed by atoms with E-state index in [1.807, 2.05) is 0 Å². The van der Waals surface area contributed by atoms with E-state index < -0.39 is 31.4 Å². The van der Waals surface area contributed by atoms with Gasteiger partial charge in [0.25, 0.3) is 0 Å². The zero-order valence-corrected chi connectivity index (χ0v) is 12.4. The second-order valence-electron chi connectivity index (χ2n) is 4.93. The van der Waals surface area contributed by atoms with Gasteiger partial charge in [0.1, 0.15) is 0 Å². The Balaban J connectivity index is 2.23. The minimum Gasteiger partial charge on any atom is -0.481 e. The zero-order valence-electron chi connectivity index (χ0n) is 10.8. The number of primary sulfonamides is 1. The van der Waals surface area contributed by atoms with Crippen LogP contribution in [0, 0.1) is 5.41 Å². The zero-order chi connectivity index (χ0) is 15.9. The maximum Gasteiger partial charge on any atom is 0.310 e. The van der Waals surface area contributed by atoms with E-state index in [-0.39, 0.29) is 16.3 Å². The molecule has 1 aliphatic carbocycles. The fraction of sp³-hybridized carbons (Fsp3) is 0.364. The minimum atomic E-state index is -4.02. The molecule has 1 aliphatic rings. The van der Waals surface area contributed by atoms with Crippen molar-refractivity contribution in [3.8, 4) is 0 Å². The summed E-state index contributed by atoms with van der Waals surface area (Å²) in [7, 11) is -8.02. The minimum absolute atomic E-state index is 0.232. The summed E-state index contributed by atoms with van der Waals surface area (Å²) in [6.07, 6.45) is 0.810. The van der Waals surface area contributed by atoms with Gasteiger partial charge >= 0.3 is 5.97 Å². The quantitative estimate of drug-likeness (QED) is 0.638. The van der Waals surface area contributed by atoms with Gasteiger partial charge in [-0.2, -0.15) is 0 Å². The third-order valence-electron chi connectivity index (χ3n) is 3.35. The summed E-state index contributed by atoms with van der Waals surface area (Å²) < 4.78 is 48.8. The van der Waals surface area contributed by atoms with Gasteiger partial charge in [0.05, 0.1) is 15.2 Å². The first-order valence-electron chi connectivity index (χ1n) is 5.93. The van der Waals surface area contributed by atoms with E-state index in [0.29, 0.717) is 12.8 Å². The van der Waals surface area contributed by atoms with Crippen LogP contribution in [0.3, 0.4) is 0 Å². The highest BCUT2D eigenvalue weighted by Gasteiger charge is 2.50. The van der Waals surface area contributed by atoms with Crippen LogP contribution in [0.5, 0.6) is 0 Å². The normalized spacial score (nSPS) is 17.4. The van der Waals surface area contributed by atoms with E-state index in [1.54, 1.807) is 0 Å². The molecule has 8 nitrogen and oxygen atoms in total. The van der Waals surface area contributed by atoms with Crippen LogP contribution in [-0.4, -0.2) is 34.5 Å². The van der Waals surface area contributed by atoms with Crippen molar-refractivity contribution < 1.29 is 26.7 Å². The fourth-order valence-electron chi connectivity index (χ4n) is 1.75. The smallest absolute Gasteiger partial charge is 0.310 e. The molecule has 0 amide bonds. The summed E-state index contributed by atoms with van der Waals surface area (Å²) in [5, 5.41) is 13.9. The lowest BCUT2D eigenvalue weighted by molar-refractivity contribution is -0.143. The highest BCUT2D eigenvalue weighted by Crippen LogP contribution is 2.45. The Labute approximate surface area is 122 Å². The van der Waals surface area contributed by atoms with E-state index >= 15 is 0 Å². The monoisotopic (exact) mass is 334 g/mol. The molecule has 0 heterocycles. The molecule has 1 saturated carbocycles. The number of nitrogens with two attached hydrogens (primary N) is 1. The standard InChI is InChI=1S/C11H14N2O6S2/c12-20(16,17)8-2-1-3-9(6-8)21(18,19)13-7-11(4-5-11)10(14)15/h1-3,6,13H,4-5,7H2,(H,14,15)(H2,12,16,17). The van der Waals surface area contributed by atoms with Crippen LogP contribution in [0.4, 0.5) is 0 Å². The van der Waals surface area contributed by atoms with Crippen molar-refractivity contribution in [1.82, 2.24) is 4.72 Å². The third-order valence-corrected chi connectivity index (χ3v) is 5.66. The summed E-state index contributed by atoms with van der Waals surface area (Å²) in [5.41, 5.74) is -1.05. The first-order valence-corrected chi connectivity index (χ1v) is 8.96. The molecule has 0 atom stereocenters. The number of carboxylic acid groups (broad SMARTS) is 1. The maximum atomic E-state index is 12.1. The first kappa shape index (κ1) is 15.9. The number of aliphatic carboxylic acids is 1. The van der Waals surface area contributed by atoms with Crippen LogP contribution < -0.4 is 9.86 Å². The molecule has 116 valence electrons. The van der Waals surface area contributed by atoms with Crippen molar-refractivity contribution >= 4 is 26.0 Å². The molecule has 0 bridgehead atoms. The van der Waals surface area contributed by atoms with Gasteiger partial charge < -0.3 is 5.11 Å². The molecule has 1 aromatic carbocycles. The van der Waals surface area contributed by atoms with Crippen molar-refractivity contribution in [2.45, 2.75) is 22.6 Å². The number of carboxylic acids is 1. The molecule has 2 rings (SSSR count). The summed E-state index contributed by atoms with van der Waals surface area (Å²) in [5.74, 6) is -1.05. The van der Waals surface area contributed by atoms with E-state index in [1.165, 1.54) is 18.2 Å². The van der Waals surface area contributed by atoms with Gasteiger partial charge in [0.2, 0.25) is 20.0 Å². The van der Waals surface area contributed by atoms with Crippen LogP contribution in [0.25, 0.3) is 0 Å². The van der Waals surface area contributed by atoms with E-state index in [0.717, 1.165) is 6.07 Å². The fourth-order valence-corrected chi connectivity index (χ4v) is 3.56. The molecule has 0 saturated heterocycles. The summed E-state index contributed by atoms with van der Waals surface area (Å²) in [4.78, 5) is 10.4. The topological polar surface area (TPSA) is 144 Å². The number of carbonyl (C=O) groups is 1. The van der Waals surface area contributed by atoms with Crippen molar-refractivity contribution in [3.05, 3.63) is 24.3 Å². The van der Waals surface area contributed by atoms with Gasteiger partial charge in [0, 0.05) is 6.54 Å². The Hall–Kier alpha value is -1.49. The highest BCUT2D eigenvalue weighted by atomic mass is 32.2. The summed E-state index contributed by atoms with van der Waals surface area (Å²) in [6, 6.07) is 4.56. The second kappa shape index (κ2) is 5.05. The number of hydrogen-bond donors (Lipinski definition) is 3. The van der Waals surface area contributed by atoms with Crippen molar-refractivity contribution in [2.75, 3.05) is 6.54 Å². The van der Waals surface area contributed by atoms with Crippen LogP contribution >= 0.6 is 0 Å². The Morgan fingerprint density at radius 3 is 2.29 bits per heavy atom. The first-order chi connectivity index (χ1) is 9.57. The summed E-state index contributed by atoms with van der Waals surface area (Å²) >= 11 is 0. The number of nitrogens with one attached hydrogen (secondary N) is 1. The molecule has 4 N–H and O–H groups in total. The SMILES string of the molecule is NS(=O)(=O)c1cccc(S(=O)(=O)NCC2(C(=O)O)CC2)c1. The average molecular weight is 334 g/mol. The number of rotatable bonds is 6. The molecule has 21 heavy (non-hydrogen) atoms. The van der Waals surface area contributed by atoms with Gasteiger partial charge in [-0.1, -0.05) is 6.07 Å². The van der Waals surface area contributed by atoms with Gasteiger partial charge in [-0.25, -0.2) is 26.7 Å². The van der Waals surface area contributed by atoms with E-state index in [2.05, 4.69) is 4.72 Å². The number of benzene rings is 1. The Morgan fingerprint density at radius 1 is 1.24 bits per heavy atom. The molecular weight excluding hydrogens is 320 g/mol. The largest absolute Gasteiger partial charge is 0.481 e. The number of sulfonamides is 2. The lowest BCUT2D eigenvalue weighted by atomic mass is 10.1. The van der Waals surface area contributed by atoms with Crippen LogP contribution in [0.15, 0.2) is 34.1 Å². The van der Waals surface area contributed by atoms with Gasteiger partial charge in [-0.15, -0.1) is 0 Å². The lowest BCUT2D eigenvalue weighted by Gasteiger charge is -2.12. The van der Waals surface area contributed by atoms with Crippen molar-refractivity contribution in [3.63, 3.8) is 0 Å². The molecule has 1 fully saturated rings. The molecule has 10 heteroatoms.